The number of benzene rings is 1. The van der Waals surface area contributed by atoms with Crippen molar-refractivity contribution in [3.8, 4) is 0 Å². The molecule has 0 saturated heterocycles. The monoisotopic (exact) mass is 213 g/mol. The molecule has 82 valence electrons. The zero-order valence-electron chi connectivity index (χ0n) is 9.35. The van der Waals surface area contributed by atoms with Crippen LogP contribution in [-0.2, 0) is 5.60 Å². The second-order valence-electron chi connectivity index (χ2n) is 4.95. The normalized spacial score (nSPS) is 29.0. The zero-order chi connectivity index (χ0) is 11.2. The Bertz CT molecular complexity index is 524. The van der Waals surface area contributed by atoms with Crippen molar-refractivity contribution < 1.29 is 5.11 Å². The van der Waals surface area contributed by atoms with Gasteiger partial charge in [-0.2, -0.15) is 0 Å². The van der Waals surface area contributed by atoms with Crippen molar-refractivity contribution in [3.63, 3.8) is 0 Å². The van der Waals surface area contributed by atoms with Gasteiger partial charge >= 0.3 is 0 Å². The standard InChI is InChI=1S/C14H15NO/c1-10-7-14(16,8-10)13-4-2-3-11-5-6-15-9-12(11)13/h2-6,9-10,16H,7-8H2,1H3. The van der Waals surface area contributed by atoms with Crippen LogP contribution in [0.1, 0.15) is 25.3 Å². The van der Waals surface area contributed by atoms with E-state index in [1.54, 1.807) is 6.20 Å². The molecule has 1 aliphatic carbocycles. The number of pyridine rings is 1. The van der Waals surface area contributed by atoms with Crippen LogP contribution in [0.3, 0.4) is 0 Å². The summed E-state index contributed by atoms with van der Waals surface area (Å²) >= 11 is 0. The van der Waals surface area contributed by atoms with E-state index >= 15 is 0 Å². The number of rotatable bonds is 1. The molecule has 0 amide bonds. The van der Waals surface area contributed by atoms with E-state index in [4.69, 9.17) is 0 Å². The smallest absolute Gasteiger partial charge is 0.0908 e. The molecule has 1 aliphatic rings. The van der Waals surface area contributed by atoms with Crippen LogP contribution in [0, 0.1) is 5.92 Å². The van der Waals surface area contributed by atoms with Gasteiger partial charge in [0.1, 0.15) is 0 Å². The SMILES string of the molecule is CC1CC(O)(c2cccc3ccncc23)C1. The van der Waals surface area contributed by atoms with Gasteiger partial charge in [0, 0.05) is 17.8 Å². The van der Waals surface area contributed by atoms with Crippen molar-refractivity contribution in [1.82, 2.24) is 4.98 Å². The van der Waals surface area contributed by atoms with E-state index in [0.717, 1.165) is 29.2 Å². The van der Waals surface area contributed by atoms with Crippen LogP contribution in [0.2, 0.25) is 0 Å². The number of nitrogens with zero attached hydrogens (tertiary/aromatic N) is 1. The molecule has 1 saturated carbocycles. The fraction of sp³-hybridized carbons (Fsp3) is 0.357. The third-order valence-electron chi connectivity index (χ3n) is 3.56. The van der Waals surface area contributed by atoms with Gasteiger partial charge in [-0.05, 0) is 35.8 Å². The van der Waals surface area contributed by atoms with E-state index in [1.165, 1.54) is 0 Å². The van der Waals surface area contributed by atoms with E-state index in [1.807, 2.05) is 24.4 Å². The molecular formula is C14H15NO. The molecule has 1 aromatic heterocycles. The van der Waals surface area contributed by atoms with Gasteiger partial charge in [-0.15, -0.1) is 0 Å². The van der Waals surface area contributed by atoms with Crippen molar-refractivity contribution in [2.45, 2.75) is 25.4 Å². The number of aromatic nitrogens is 1. The maximum Gasteiger partial charge on any atom is 0.0908 e. The van der Waals surface area contributed by atoms with Crippen molar-refractivity contribution in [3.05, 3.63) is 42.2 Å². The van der Waals surface area contributed by atoms with E-state index in [9.17, 15) is 5.11 Å². The van der Waals surface area contributed by atoms with Crippen molar-refractivity contribution >= 4 is 10.8 Å². The Morgan fingerprint density at radius 3 is 2.88 bits per heavy atom. The molecule has 1 fully saturated rings. The first-order valence-corrected chi connectivity index (χ1v) is 5.75. The maximum absolute atomic E-state index is 10.5. The van der Waals surface area contributed by atoms with Crippen LogP contribution < -0.4 is 0 Å². The summed E-state index contributed by atoms with van der Waals surface area (Å²) in [4.78, 5) is 4.15. The molecule has 1 N–H and O–H groups in total. The Labute approximate surface area is 94.9 Å². The zero-order valence-corrected chi connectivity index (χ0v) is 9.35. The summed E-state index contributed by atoms with van der Waals surface area (Å²) in [6.45, 7) is 2.18. The number of aliphatic hydroxyl groups is 1. The maximum atomic E-state index is 10.5. The molecule has 0 bridgehead atoms. The van der Waals surface area contributed by atoms with Gasteiger partial charge in [-0.3, -0.25) is 4.98 Å². The van der Waals surface area contributed by atoms with Crippen LogP contribution in [0.5, 0.6) is 0 Å². The van der Waals surface area contributed by atoms with Crippen molar-refractivity contribution in [2.24, 2.45) is 5.92 Å². The number of hydrogen-bond acceptors (Lipinski definition) is 2. The minimum Gasteiger partial charge on any atom is -0.385 e. The minimum absolute atomic E-state index is 0.622. The minimum atomic E-state index is -0.623. The average Bonchev–Trinajstić information content (AvgIpc) is 2.26. The van der Waals surface area contributed by atoms with E-state index in [2.05, 4.69) is 18.0 Å². The molecule has 2 aromatic rings. The van der Waals surface area contributed by atoms with Gasteiger partial charge in [-0.1, -0.05) is 25.1 Å². The molecule has 0 aliphatic heterocycles. The van der Waals surface area contributed by atoms with Crippen molar-refractivity contribution in [1.29, 1.82) is 0 Å². The predicted octanol–water partition coefficient (Wildman–Crippen LogP) is 2.85. The molecule has 0 unspecified atom stereocenters. The Kier molecular flexibility index (Phi) is 2.01. The lowest BCUT2D eigenvalue weighted by Crippen LogP contribution is -2.39. The van der Waals surface area contributed by atoms with Gasteiger partial charge < -0.3 is 5.11 Å². The predicted molar refractivity (Wildman–Crippen MR) is 64.0 cm³/mol. The molecule has 2 heteroatoms. The van der Waals surface area contributed by atoms with Gasteiger partial charge in [0.15, 0.2) is 0 Å². The second-order valence-corrected chi connectivity index (χ2v) is 4.95. The van der Waals surface area contributed by atoms with Crippen LogP contribution in [0.4, 0.5) is 0 Å². The quantitative estimate of drug-likeness (QED) is 0.790. The summed E-state index contributed by atoms with van der Waals surface area (Å²) < 4.78 is 0. The molecule has 1 aromatic carbocycles. The van der Waals surface area contributed by atoms with Gasteiger partial charge in [0.25, 0.3) is 0 Å². The highest BCUT2D eigenvalue weighted by molar-refractivity contribution is 5.85. The Morgan fingerprint density at radius 1 is 1.31 bits per heavy atom. The lowest BCUT2D eigenvalue weighted by atomic mass is 9.67. The molecule has 3 rings (SSSR count). The van der Waals surface area contributed by atoms with Crippen LogP contribution >= 0.6 is 0 Å². The first-order valence-electron chi connectivity index (χ1n) is 5.75. The highest BCUT2D eigenvalue weighted by Crippen LogP contribution is 2.47. The molecule has 16 heavy (non-hydrogen) atoms. The fourth-order valence-electron chi connectivity index (χ4n) is 2.83. The van der Waals surface area contributed by atoms with Gasteiger partial charge in [0.2, 0.25) is 0 Å². The average molecular weight is 213 g/mol. The van der Waals surface area contributed by atoms with E-state index < -0.39 is 5.60 Å². The summed E-state index contributed by atoms with van der Waals surface area (Å²) in [5, 5.41) is 12.8. The lowest BCUT2D eigenvalue weighted by molar-refractivity contribution is -0.0726. The molecule has 0 spiro atoms. The topological polar surface area (TPSA) is 33.1 Å². The fourth-order valence-corrected chi connectivity index (χ4v) is 2.83. The molecule has 0 atom stereocenters. The summed E-state index contributed by atoms with van der Waals surface area (Å²) in [5.74, 6) is 0.622. The summed E-state index contributed by atoms with van der Waals surface area (Å²) in [6, 6.07) is 8.09. The van der Waals surface area contributed by atoms with E-state index in [0.29, 0.717) is 5.92 Å². The first-order chi connectivity index (χ1) is 7.69. The van der Waals surface area contributed by atoms with Crippen LogP contribution in [0.15, 0.2) is 36.7 Å². The van der Waals surface area contributed by atoms with E-state index in [-0.39, 0.29) is 0 Å². The van der Waals surface area contributed by atoms with Crippen LogP contribution in [0.25, 0.3) is 10.8 Å². The lowest BCUT2D eigenvalue weighted by Gasteiger charge is -2.43. The second kappa shape index (κ2) is 3.29. The highest BCUT2D eigenvalue weighted by atomic mass is 16.3. The summed E-state index contributed by atoms with van der Waals surface area (Å²) in [5.41, 5.74) is 0.415. The largest absolute Gasteiger partial charge is 0.385 e. The first kappa shape index (κ1) is 9.79. The highest BCUT2D eigenvalue weighted by Gasteiger charge is 2.42. The number of hydrogen-bond donors (Lipinski definition) is 1. The molecule has 1 heterocycles. The molecule has 0 radical (unpaired) electrons. The Hall–Kier alpha value is -1.41. The summed E-state index contributed by atoms with van der Waals surface area (Å²) in [6.07, 6.45) is 5.37. The van der Waals surface area contributed by atoms with Crippen LogP contribution in [-0.4, -0.2) is 10.1 Å². The Balaban J connectivity index is 2.17. The van der Waals surface area contributed by atoms with Gasteiger partial charge in [-0.25, -0.2) is 0 Å². The summed E-state index contributed by atoms with van der Waals surface area (Å²) in [7, 11) is 0. The molecule has 2 nitrogen and oxygen atoms in total. The van der Waals surface area contributed by atoms with Crippen molar-refractivity contribution in [2.75, 3.05) is 0 Å². The number of fused-ring (bicyclic) bond motifs is 1. The van der Waals surface area contributed by atoms with Gasteiger partial charge in [0.05, 0.1) is 5.60 Å². The third kappa shape index (κ3) is 1.34. The third-order valence-corrected chi connectivity index (χ3v) is 3.56. The molecular weight excluding hydrogens is 198 g/mol. The Morgan fingerprint density at radius 2 is 2.12 bits per heavy atom.